The van der Waals surface area contributed by atoms with Gasteiger partial charge in [0.2, 0.25) is 0 Å². The Balaban J connectivity index is 1.32. The summed E-state index contributed by atoms with van der Waals surface area (Å²) in [6, 6.07) is 12.3. The lowest BCUT2D eigenvalue weighted by atomic mass is 9.96. The van der Waals surface area contributed by atoms with Crippen LogP contribution in [0.25, 0.3) is 11.1 Å². The minimum Gasteiger partial charge on any atom is -0.492 e. The number of rotatable bonds is 14. The van der Waals surface area contributed by atoms with Crippen LogP contribution < -0.4 is 25.8 Å². The summed E-state index contributed by atoms with van der Waals surface area (Å²) >= 11 is 1.06. The molecule has 2 aliphatic heterocycles. The number of likely N-dealkylation sites (tertiary alicyclic amines) is 1. The number of carbonyl (C=O) groups excluding carboxylic acids is 3. The monoisotopic (exact) mass is 710 g/mol. The topological polar surface area (TPSA) is 193 Å². The molecule has 2 aliphatic rings. The number of nitrogens with zero attached hydrogens (tertiary/aromatic N) is 1. The van der Waals surface area contributed by atoms with Crippen LogP contribution in [0.15, 0.2) is 52.7 Å². The molecule has 3 aromatic rings. The lowest BCUT2D eigenvalue weighted by molar-refractivity contribution is -0.147. The van der Waals surface area contributed by atoms with Crippen molar-refractivity contribution in [3.63, 3.8) is 0 Å². The Labute approximate surface area is 290 Å². The number of benzene rings is 2. The van der Waals surface area contributed by atoms with Crippen LogP contribution in [0.5, 0.6) is 5.75 Å². The van der Waals surface area contributed by atoms with E-state index in [1.807, 2.05) is 24.3 Å². The summed E-state index contributed by atoms with van der Waals surface area (Å²) in [6.07, 6.45) is 2.85. The SMILES string of the molecule is COC(=O)C1CCN(Cc2cccc(-c3cc4c(c(S(=O)(=O)Nc5ccsc5C(=O)NC(CCCNC(=N)N)C(C)=O)c3)OCC4)c2)CC1. The molecule has 49 heavy (non-hydrogen) atoms. The number of methoxy groups -OCH3 is 1. The first kappa shape index (κ1) is 35.8. The fourth-order valence-corrected chi connectivity index (χ4v) is 8.24. The van der Waals surface area contributed by atoms with Crippen molar-refractivity contribution in [1.82, 2.24) is 15.5 Å². The fraction of sp³-hybridized carbons (Fsp3) is 0.412. The number of sulfonamides is 1. The number of carbonyl (C=O) groups is 3. The molecule has 2 aromatic carbocycles. The van der Waals surface area contributed by atoms with Crippen molar-refractivity contribution in [3.05, 3.63) is 63.8 Å². The standard InChI is InChI=1S/C34H42N6O7S2/c1-21(41)27(7-4-12-37-34(35)36)38-32(42)31-28(11-16-48-31)39-49(44,45)29-19-26(18-25-10-15-47-30(25)29)24-6-3-5-22(17-24)20-40-13-8-23(9-14-40)33(43)46-2/h3,5-6,11,16-19,23,27,39H,4,7-10,12-15,20H2,1-2H3,(H,38,42)(H4,35,36,37). The minimum absolute atomic E-state index is 0.0232. The summed E-state index contributed by atoms with van der Waals surface area (Å²) in [5.41, 5.74) is 8.83. The van der Waals surface area contributed by atoms with E-state index >= 15 is 0 Å². The Morgan fingerprint density at radius 1 is 1.14 bits per heavy atom. The number of amides is 1. The highest BCUT2D eigenvalue weighted by molar-refractivity contribution is 7.92. The molecule has 1 atom stereocenters. The maximum absolute atomic E-state index is 14.0. The Kier molecular flexibility index (Phi) is 11.6. The average molecular weight is 711 g/mol. The molecule has 0 aliphatic carbocycles. The van der Waals surface area contributed by atoms with Gasteiger partial charge in [0.05, 0.1) is 31.4 Å². The van der Waals surface area contributed by atoms with Gasteiger partial charge in [0.15, 0.2) is 11.7 Å². The number of ether oxygens (including phenoxy) is 2. The summed E-state index contributed by atoms with van der Waals surface area (Å²) in [4.78, 5) is 39.8. The summed E-state index contributed by atoms with van der Waals surface area (Å²) in [5, 5.41) is 14.2. The lowest BCUT2D eigenvalue weighted by Gasteiger charge is -2.30. The zero-order chi connectivity index (χ0) is 35.1. The maximum atomic E-state index is 14.0. The van der Waals surface area contributed by atoms with Gasteiger partial charge in [-0.05, 0) is 97.6 Å². The molecule has 6 N–H and O–H groups in total. The van der Waals surface area contributed by atoms with E-state index in [4.69, 9.17) is 20.6 Å². The van der Waals surface area contributed by atoms with Crippen LogP contribution in [-0.2, 0) is 37.3 Å². The number of Topliss-reactive ketones (excluding diaryl/α,β-unsaturated/α-hetero) is 1. The van der Waals surface area contributed by atoms with Gasteiger partial charge in [0.25, 0.3) is 15.9 Å². The minimum atomic E-state index is -4.21. The number of ketones is 1. The van der Waals surface area contributed by atoms with Crippen LogP contribution in [0.1, 0.15) is 53.4 Å². The normalized spacial score (nSPS) is 15.5. The van der Waals surface area contributed by atoms with Crippen molar-refractivity contribution >= 4 is 50.7 Å². The van der Waals surface area contributed by atoms with Crippen molar-refractivity contribution in [2.24, 2.45) is 11.7 Å². The zero-order valence-corrected chi connectivity index (χ0v) is 29.2. The predicted octanol–water partition coefficient (Wildman–Crippen LogP) is 3.49. The van der Waals surface area contributed by atoms with Crippen molar-refractivity contribution < 1.29 is 32.3 Å². The van der Waals surface area contributed by atoms with Gasteiger partial charge in [-0.3, -0.25) is 29.4 Å². The van der Waals surface area contributed by atoms with Gasteiger partial charge in [0.1, 0.15) is 15.5 Å². The van der Waals surface area contributed by atoms with Crippen molar-refractivity contribution in [2.45, 2.75) is 56.5 Å². The van der Waals surface area contributed by atoms with Crippen LogP contribution in [0.2, 0.25) is 0 Å². The second-order valence-corrected chi connectivity index (χ2v) is 14.8. The van der Waals surface area contributed by atoms with Gasteiger partial charge < -0.3 is 25.8 Å². The van der Waals surface area contributed by atoms with E-state index in [1.165, 1.54) is 20.1 Å². The van der Waals surface area contributed by atoms with Crippen molar-refractivity contribution in [2.75, 3.05) is 38.1 Å². The Morgan fingerprint density at radius 3 is 2.63 bits per heavy atom. The third-order valence-corrected chi connectivity index (χ3v) is 11.0. The van der Waals surface area contributed by atoms with E-state index in [2.05, 4.69) is 26.3 Å². The lowest BCUT2D eigenvalue weighted by Crippen LogP contribution is -2.40. The van der Waals surface area contributed by atoms with Gasteiger partial charge in [0, 0.05) is 19.5 Å². The number of nitrogens with two attached hydrogens (primary N) is 1. The number of guanidine groups is 1. The number of hydrogen-bond donors (Lipinski definition) is 5. The molecule has 0 radical (unpaired) electrons. The molecule has 13 nitrogen and oxygen atoms in total. The smallest absolute Gasteiger partial charge is 0.308 e. The molecule has 1 amide bonds. The molecule has 15 heteroatoms. The number of anilines is 1. The van der Waals surface area contributed by atoms with Crippen LogP contribution in [0, 0.1) is 11.3 Å². The quantitative estimate of drug-likeness (QED) is 0.0716. The molecule has 1 unspecified atom stereocenters. The first-order valence-electron chi connectivity index (χ1n) is 16.1. The van der Waals surface area contributed by atoms with E-state index < -0.39 is 22.0 Å². The first-order chi connectivity index (χ1) is 23.4. The Morgan fingerprint density at radius 2 is 1.92 bits per heavy atom. The highest BCUT2D eigenvalue weighted by Crippen LogP contribution is 2.39. The highest BCUT2D eigenvalue weighted by atomic mass is 32.2. The van der Waals surface area contributed by atoms with Crippen LogP contribution >= 0.6 is 11.3 Å². The van der Waals surface area contributed by atoms with Gasteiger partial charge >= 0.3 is 5.97 Å². The van der Waals surface area contributed by atoms with E-state index in [0.29, 0.717) is 39.0 Å². The number of thiophene rings is 1. The number of piperidine rings is 1. The van der Waals surface area contributed by atoms with Gasteiger partial charge in [-0.15, -0.1) is 11.3 Å². The van der Waals surface area contributed by atoms with E-state index in [0.717, 1.165) is 59.5 Å². The predicted molar refractivity (Wildman–Crippen MR) is 187 cm³/mol. The third kappa shape index (κ3) is 8.96. The average Bonchev–Trinajstić information content (AvgIpc) is 3.75. The van der Waals surface area contributed by atoms with Crippen LogP contribution in [-0.4, -0.2) is 76.3 Å². The second kappa shape index (κ2) is 15.8. The van der Waals surface area contributed by atoms with Gasteiger partial charge in [-0.1, -0.05) is 18.2 Å². The molecular weight excluding hydrogens is 669 g/mol. The molecule has 3 heterocycles. The summed E-state index contributed by atoms with van der Waals surface area (Å²) in [6.45, 7) is 4.36. The molecule has 0 bridgehead atoms. The highest BCUT2D eigenvalue weighted by Gasteiger charge is 2.30. The van der Waals surface area contributed by atoms with Gasteiger partial charge in [-0.25, -0.2) is 8.42 Å². The van der Waals surface area contributed by atoms with E-state index in [1.54, 1.807) is 11.4 Å². The largest absolute Gasteiger partial charge is 0.492 e. The van der Waals surface area contributed by atoms with E-state index in [-0.39, 0.29) is 44.8 Å². The molecule has 5 rings (SSSR count). The number of esters is 1. The number of hydrogen-bond acceptors (Lipinski definition) is 10. The molecule has 1 aromatic heterocycles. The third-order valence-electron chi connectivity index (χ3n) is 8.72. The summed E-state index contributed by atoms with van der Waals surface area (Å²) < 4.78 is 41.2. The van der Waals surface area contributed by atoms with Crippen LogP contribution in [0.4, 0.5) is 5.69 Å². The summed E-state index contributed by atoms with van der Waals surface area (Å²) in [5.74, 6) is -0.939. The van der Waals surface area contributed by atoms with Crippen LogP contribution in [0.3, 0.4) is 0 Å². The van der Waals surface area contributed by atoms with Gasteiger partial charge in [-0.2, -0.15) is 0 Å². The molecule has 262 valence electrons. The summed E-state index contributed by atoms with van der Waals surface area (Å²) in [7, 11) is -2.79. The number of fused-ring (bicyclic) bond motifs is 1. The fourth-order valence-electron chi connectivity index (χ4n) is 6.14. The molecular formula is C34H42N6O7S2. The van der Waals surface area contributed by atoms with Crippen molar-refractivity contribution in [3.8, 4) is 16.9 Å². The van der Waals surface area contributed by atoms with E-state index in [9.17, 15) is 22.8 Å². The zero-order valence-electron chi connectivity index (χ0n) is 27.5. The second-order valence-electron chi connectivity index (χ2n) is 12.2. The molecule has 1 fully saturated rings. The van der Waals surface area contributed by atoms with Crippen molar-refractivity contribution in [1.29, 1.82) is 5.41 Å². The molecule has 0 spiro atoms. The molecule has 0 saturated carbocycles. The maximum Gasteiger partial charge on any atom is 0.308 e. The number of nitrogens with one attached hydrogen (secondary N) is 4. The first-order valence-corrected chi connectivity index (χ1v) is 18.5. The Bertz CT molecular complexity index is 1820. The molecule has 1 saturated heterocycles. The Hall–Kier alpha value is -4.47.